The summed E-state index contributed by atoms with van der Waals surface area (Å²) < 4.78 is 29.0. The van der Waals surface area contributed by atoms with Gasteiger partial charge in [-0.05, 0) is 24.6 Å². The van der Waals surface area contributed by atoms with E-state index >= 15 is 0 Å². The van der Waals surface area contributed by atoms with Gasteiger partial charge in [0.25, 0.3) is 0 Å². The Labute approximate surface area is 147 Å². The van der Waals surface area contributed by atoms with Crippen LogP contribution in [0.5, 0.6) is 0 Å². The summed E-state index contributed by atoms with van der Waals surface area (Å²) in [5.41, 5.74) is 0.788. The van der Waals surface area contributed by atoms with Gasteiger partial charge < -0.3 is 9.45 Å². The van der Waals surface area contributed by atoms with E-state index in [1.165, 1.54) is 0 Å². The number of hydrogen-bond donors (Lipinski definition) is 0. The molecule has 0 spiro atoms. The molecule has 0 bridgehead atoms. The Balaban J connectivity index is 1.56. The van der Waals surface area contributed by atoms with Gasteiger partial charge in [0.1, 0.15) is 5.82 Å². The number of sulfonamides is 1. The molecule has 1 aliphatic heterocycles. The first-order valence-electron chi connectivity index (χ1n) is 8.25. The maximum Gasteiger partial charge on any atom is 0.175 e. The molecule has 0 N–H and O–H groups in total. The molecule has 1 unspecified atom stereocenters. The van der Waals surface area contributed by atoms with Crippen LogP contribution in [0.25, 0.3) is 5.65 Å². The minimum atomic E-state index is -3.45. The van der Waals surface area contributed by atoms with Crippen molar-refractivity contribution in [2.75, 3.05) is 31.1 Å². The Morgan fingerprint density at radius 1 is 0.960 bits per heavy atom. The average Bonchev–Trinajstić information content (AvgIpc) is 2.98. The number of benzene rings is 1. The van der Waals surface area contributed by atoms with Gasteiger partial charge in [-0.25, -0.2) is 4.98 Å². The average molecular weight is 357 g/mol. The van der Waals surface area contributed by atoms with Crippen molar-refractivity contribution in [3.63, 3.8) is 0 Å². The van der Waals surface area contributed by atoms with Gasteiger partial charge in [0, 0.05) is 31.9 Å². The van der Waals surface area contributed by atoms with Crippen molar-refractivity contribution >= 4 is 21.9 Å². The second kappa shape index (κ2) is 6.55. The minimum absolute atomic E-state index is 0.349. The van der Waals surface area contributed by atoms with Gasteiger partial charge in [-0.15, -0.1) is 4.31 Å². The van der Waals surface area contributed by atoms with E-state index in [2.05, 4.69) is 15.0 Å². The van der Waals surface area contributed by atoms with E-state index < -0.39 is 10.4 Å². The van der Waals surface area contributed by atoms with Gasteiger partial charge >= 0.3 is 0 Å². The molecule has 0 radical (unpaired) electrons. The highest BCUT2D eigenvalue weighted by Crippen LogP contribution is 2.24. The van der Waals surface area contributed by atoms with E-state index in [9.17, 15) is 8.76 Å². The standard InChI is InChI=1S/C17H19N5O2S/c23-25(24,15-5-2-1-3-6-15)21-12-4-11-20(13-14-21)17-8-9-18-16-7-10-19-22(16)17/h1-3,5-10H,4,11-14H2. The topological polar surface area (TPSA) is 76.8 Å². The van der Waals surface area contributed by atoms with Gasteiger partial charge in [0.2, 0.25) is 0 Å². The smallest absolute Gasteiger partial charge is 0.175 e. The van der Waals surface area contributed by atoms with Gasteiger partial charge in [-0.3, -0.25) is 0 Å². The monoisotopic (exact) mass is 357 g/mol. The van der Waals surface area contributed by atoms with E-state index in [1.54, 1.807) is 45.5 Å². The lowest BCUT2D eigenvalue weighted by atomic mass is 10.4. The molecular formula is C17H19N5O2S. The fraction of sp³-hybridized carbons (Fsp3) is 0.294. The molecule has 130 valence electrons. The van der Waals surface area contributed by atoms with E-state index in [1.807, 2.05) is 18.2 Å². The van der Waals surface area contributed by atoms with Gasteiger partial charge in [0.05, 0.1) is 12.7 Å². The SMILES string of the molecule is O=[S+]([O-])(c1ccccc1)N1CCCN(c2ccnc3ccnn23)CC1. The fourth-order valence-electron chi connectivity index (χ4n) is 3.17. The molecule has 2 aromatic heterocycles. The summed E-state index contributed by atoms with van der Waals surface area (Å²) in [4.78, 5) is 6.80. The Morgan fingerprint density at radius 3 is 2.64 bits per heavy atom. The van der Waals surface area contributed by atoms with Crippen LogP contribution in [0.2, 0.25) is 0 Å². The predicted molar refractivity (Wildman–Crippen MR) is 94.9 cm³/mol. The Kier molecular flexibility index (Phi) is 4.24. The van der Waals surface area contributed by atoms with Crippen LogP contribution in [0, 0.1) is 0 Å². The highest BCUT2D eigenvalue weighted by Gasteiger charge is 2.32. The summed E-state index contributed by atoms with van der Waals surface area (Å²) in [5.74, 6) is 0.939. The molecule has 3 heterocycles. The minimum Gasteiger partial charge on any atom is -0.593 e. The molecule has 1 saturated heterocycles. The van der Waals surface area contributed by atoms with Crippen LogP contribution in [0.3, 0.4) is 0 Å². The summed E-state index contributed by atoms with van der Waals surface area (Å²) in [5, 5.41) is 4.32. The molecule has 0 saturated carbocycles. The van der Waals surface area contributed by atoms with Gasteiger partial charge in [-0.1, -0.05) is 22.4 Å². The van der Waals surface area contributed by atoms with Crippen molar-refractivity contribution in [1.29, 1.82) is 0 Å². The van der Waals surface area contributed by atoms with Crippen molar-refractivity contribution in [2.45, 2.75) is 11.3 Å². The third-order valence-corrected chi connectivity index (χ3v) is 6.34. The van der Waals surface area contributed by atoms with Crippen LogP contribution in [0.1, 0.15) is 6.42 Å². The first kappa shape index (κ1) is 16.2. The summed E-state index contributed by atoms with van der Waals surface area (Å²) in [6.07, 6.45) is 4.24. The molecule has 0 amide bonds. The molecule has 1 fully saturated rings. The quantitative estimate of drug-likeness (QED) is 0.669. The van der Waals surface area contributed by atoms with Gasteiger partial charge in [-0.2, -0.15) is 9.61 Å². The van der Waals surface area contributed by atoms with Crippen LogP contribution < -0.4 is 4.90 Å². The number of nitrogens with zero attached hydrogens (tertiary/aromatic N) is 5. The number of hydrogen-bond acceptors (Lipinski definition) is 5. The molecular weight excluding hydrogens is 338 g/mol. The van der Waals surface area contributed by atoms with Crippen LogP contribution in [-0.4, -0.2) is 49.6 Å². The van der Waals surface area contributed by atoms with Crippen molar-refractivity contribution in [3.05, 3.63) is 54.9 Å². The maximum absolute atomic E-state index is 12.8. The normalized spacial score (nSPS) is 18.8. The second-order valence-electron chi connectivity index (χ2n) is 5.96. The van der Waals surface area contributed by atoms with Crippen molar-refractivity contribution in [2.24, 2.45) is 0 Å². The first-order valence-corrected chi connectivity index (χ1v) is 9.69. The molecule has 0 aliphatic carbocycles. The van der Waals surface area contributed by atoms with Crippen LogP contribution in [-0.2, 0) is 14.6 Å². The summed E-state index contributed by atoms with van der Waals surface area (Å²) in [7, 11) is -3.45. The van der Waals surface area contributed by atoms with E-state index in [0.29, 0.717) is 24.5 Å². The highest BCUT2D eigenvalue weighted by atomic mass is 32.3. The first-order chi connectivity index (χ1) is 12.2. The second-order valence-corrected chi connectivity index (χ2v) is 7.90. The van der Waals surface area contributed by atoms with Crippen molar-refractivity contribution in [3.8, 4) is 0 Å². The molecule has 1 aromatic carbocycles. The van der Waals surface area contributed by atoms with E-state index in [0.717, 1.165) is 24.4 Å². The Bertz CT molecular complexity index is 914. The third kappa shape index (κ3) is 3.04. The van der Waals surface area contributed by atoms with Crippen LogP contribution in [0.4, 0.5) is 5.82 Å². The zero-order chi connectivity index (χ0) is 17.3. The maximum atomic E-state index is 12.8. The zero-order valence-electron chi connectivity index (χ0n) is 13.7. The highest BCUT2D eigenvalue weighted by molar-refractivity contribution is 7.95. The fourth-order valence-corrected chi connectivity index (χ4v) is 4.66. The Hall–Kier alpha value is -2.29. The lowest BCUT2D eigenvalue weighted by Crippen LogP contribution is -2.39. The Morgan fingerprint density at radius 2 is 1.80 bits per heavy atom. The lowest BCUT2D eigenvalue weighted by Gasteiger charge is -2.26. The molecule has 7 nitrogen and oxygen atoms in total. The molecule has 1 aliphatic rings. The number of rotatable bonds is 3. The predicted octanol–water partition coefficient (Wildman–Crippen LogP) is 1.85. The van der Waals surface area contributed by atoms with Gasteiger partial charge in [0.15, 0.2) is 20.9 Å². The van der Waals surface area contributed by atoms with Crippen molar-refractivity contribution < 1.29 is 8.76 Å². The van der Waals surface area contributed by atoms with Crippen LogP contribution >= 0.6 is 0 Å². The number of fused-ring (bicyclic) bond motifs is 1. The van der Waals surface area contributed by atoms with Crippen LogP contribution in [0.15, 0.2) is 59.8 Å². The molecule has 1 atom stereocenters. The zero-order valence-corrected chi connectivity index (χ0v) is 14.5. The lowest BCUT2D eigenvalue weighted by molar-refractivity contribution is 0.367. The molecule has 3 aromatic rings. The van der Waals surface area contributed by atoms with E-state index in [4.69, 9.17) is 0 Å². The molecule has 25 heavy (non-hydrogen) atoms. The van der Waals surface area contributed by atoms with E-state index in [-0.39, 0.29) is 0 Å². The number of anilines is 1. The van der Waals surface area contributed by atoms with Crippen molar-refractivity contribution in [1.82, 2.24) is 18.9 Å². The summed E-state index contributed by atoms with van der Waals surface area (Å²) >= 11 is 0. The summed E-state index contributed by atoms with van der Waals surface area (Å²) in [6, 6.07) is 12.4. The molecule has 4 rings (SSSR count). The number of aromatic nitrogens is 3. The third-order valence-electron chi connectivity index (χ3n) is 4.43. The molecule has 8 heteroatoms. The summed E-state index contributed by atoms with van der Waals surface area (Å²) in [6.45, 7) is 2.36. The largest absolute Gasteiger partial charge is 0.593 e.